The van der Waals surface area contributed by atoms with Crippen molar-refractivity contribution in [1.29, 1.82) is 0 Å². The lowest BCUT2D eigenvalue weighted by molar-refractivity contribution is 0.501. The van der Waals surface area contributed by atoms with Gasteiger partial charge < -0.3 is 8.83 Å². The van der Waals surface area contributed by atoms with Crippen LogP contribution in [0.1, 0.15) is 0 Å². The zero-order chi connectivity index (χ0) is 18.4. The van der Waals surface area contributed by atoms with E-state index in [1.165, 1.54) is 18.2 Å². The van der Waals surface area contributed by atoms with E-state index in [0.29, 0.717) is 16.9 Å². The summed E-state index contributed by atoms with van der Waals surface area (Å²) in [5.41, 5.74) is 0.260. The summed E-state index contributed by atoms with van der Waals surface area (Å²) < 4.78 is 25.0. The van der Waals surface area contributed by atoms with Crippen molar-refractivity contribution in [3.63, 3.8) is 0 Å². The molecular formula is C21H11FN2O3. The molecule has 2 aromatic heterocycles. The van der Waals surface area contributed by atoms with Crippen LogP contribution in [-0.2, 0) is 0 Å². The molecule has 0 aliphatic rings. The quantitative estimate of drug-likeness (QED) is 0.453. The van der Waals surface area contributed by atoms with Gasteiger partial charge in [-0.1, -0.05) is 36.4 Å². The Hall–Kier alpha value is -3.80. The Morgan fingerprint density at radius 1 is 0.778 bits per heavy atom. The summed E-state index contributed by atoms with van der Waals surface area (Å²) in [6.45, 7) is 0. The Morgan fingerprint density at radius 2 is 1.63 bits per heavy atom. The first kappa shape index (κ1) is 15.5. The lowest BCUT2D eigenvalue weighted by atomic mass is 10.1. The maximum Gasteiger partial charge on any atom is 0.373 e. The number of benzene rings is 3. The second-order valence-electron chi connectivity index (χ2n) is 6.04. The van der Waals surface area contributed by atoms with Crippen molar-refractivity contribution >= 4 is 21.7 Å². The molecule has 0 bridgehead atoms. The molecule has 0 radical (unpaired) electrons. The van der Waals surface area contributed by atoms with Crippen LogP contribution in [0.2, 0.25) is 0 Å². The van der Waals surface area contributed by atoms with E-state index in [2.05, 4.69) is 9.97 Å². The Balaban J connectivity index is 1.70. The normalized spacial score (nSPS) is 11.3. The lowest BCUT2D eigenvalue weighted by Gasteiger charge is -2.00. The van der Waals surface area contributed by atoms with Crippen molar-refractivity contribution in [3.8, 4) is 23.1 Å². The van der Waals surface area contributed by atoms with Crippen molar-refractivity contribution in [2.24, 2.45) is 0 Å². The number of fused-ring (bicyclic) bond motifs is 3. The molecular weight excluding hydrogens is 347 g/mol. The van der Waals surface area contributed by atoms with Crippen LogP contribution in [0.4, 0.5) is 4.39 Å². The first-order valence-electron chi connectivity index (χ1n) is 8.24. The van der Waals surface area contributed by atoms with Crippen LogP contribution in [0.15, 0.2) is 80.4 Å². The lowest BCUT2D eigenvalue weighted by Crippen LogP contribution is -2.11. The number of hydrogen-bond acceptors (Lipinski definition) is 5. The van der Waals surface area contributed by atoms with Gasteiger partial charge in [-0.3, -0.25) is 0 Å². The fourth-order valence-electron chi connectivity index (χ4n) is 3.08. The molecule has 0 unspecified atom stereocenters. The highest BCUT2D eigenvalue weighted by atomic mass is 19.1. The van der Waals surface area contributed by atoms with E-state index in [1.54, 1.807) is 12.1 Å². The number of nitrogens with zero attached hydrogens (tertiary/aromatic N) is 2. The fourth-order valence-corrected chi connectivity index (χ4v) is 3.08. The molecule has 5 aromatic rings. The summed E-state index contributed by atoms with van der Waals surface area (Å²) in [6, 6.07) is 19.1. The molecule has 5 rings (SSSR count). The summed E-state index contributed by atoms with van der Waals surface area (Å²) in [5.74, 6) is -0.173. The number of furan rings is 1. The minimum Gasteiger partial charge on any atom is -0.451 e. The highest BCUT2D eigenvalue weighted by Crippen LogP contribution is 2.32. The fraction of sp³-hybridized carbons (Fsp3) is 0. The van der Waals surface area contributed by atoms with Gasteiger partial charge in [0, 0.05) is 10.9 Å². The first-order chi connectivity index (χ1) is 13.2. The molecule has 3 aromatic carbocycles. The van der Waals surface area contributed by atoms with Gasteiger partial charge in [0.2, 0.25) is 5.89 Å². The molecule has 0 aliphatic heterocycles. The third-order valence-electron chi connectivity index (χ3n) is 4.30. The van der Waals surface area contributed by atoms with E-state index in [-0.39, 0.29) is 11.8 Å². The summed E-state index contributed by atoms with van der Waals surface area (Å²) in [4.78, 5) is 19.5. The number of halogens is 1. The predicted molar refractivity (Wildman–Crippen MR) is 98.7 cm³/mol. The van der Waals surface area contributed by atoms with E-state index in [4.69, 9.17) is 8.83 Å². The molecule has 0 spiro atoms. The maximum absolute atomic E-state index is 13.5. The van der Waals surface area contributed by atoms with Crippen LogP contribution >= 0.6 is 0 Å². The molecule has 27 heavy (non-hydrogen) atoms. The highest BCUT2D eigenvalue weighted by molar-refractivity contribution is 6.06. The van der Waals surface area contributed by atoms with Crippen molar-refractivity contribution in [2.45, 2.75) is 0 Å². The van der Waals surface area contributed by atoms with Crippen molar-refractivity contribution in [2.75, 3.05) is 0 Å². The number of hydrogen-bond donors (Lipinski definition) is 0. The van der Waals surface area contributed by atoms with E-state index in [9.17, 15) is 9.18 Å². The summed E-state index contributed by atoms with van der Waals surface area (Å²) in [6.07, 6.45) is 0. The number of aromatic nitrogens is 2. The molecule has 0 saturated heterocycles. The second-order valence-corrected chi connectivity index (χ2v) is 6.04. The van der Waals surface area contributed by atoms with Gasteiger partial charge in [0.05, 0.1) is 0 Å². The van der Waals surface area contributed by atoms with Gasteiger partial charge in [-0.05, 0) is 41.1 Å². The summed E-state index contributed by atoms with van der Waals surface area (Å²) in [5, 5.41) is 2.98. The molecule has 2 heterocycles. The van der Waals surface area contributed by atoms with Crippen molar-refractivity contribution in [3.05, 3.63) is 83.0 Å². The van der Waals surface area contributed by atoms with Crippen LogP contribution in [0, 0.1) is 5.82 Å². The summed E-state index contributed by atoms with van der Waals surface area (Å²) >= 11 is 0. The van der Waals surface area contributed by atoms with Crippen LogP contribution in [0.5, 0.6) is 0 Å². The van der Waals surface area contributed by atoms with Crippen LogP contribution < -0.4 is 5.69 Å². The Kier molecular flexibility index (Phi) is 3.36. The monoisotopic (exact) mass is 358 g/mol. The standard InChI is InChI=1S/C21H11FN2O3/c22-14-6-3-5-13(10-14)19-23-21(25)24-20(27-19)18-11-16-15-7-2-1-4-12(15)8-9-17(16)26-18/h1-11H. The Morgan fingerprint density at radius 3 is 2.52 bits per heavy atom. The van der Waals surface area contributed by atoms with Crippen molar-refractivity contribution in [1.82, 2.24) is 9.97 Å². The van der Waals surface area contributed by atoms with Gasteiger partial charge in [-0.2, -0.15) is 9.97 Å². The largest absolute Gasteiger partial charge is 0.451 e. The minimum atomic E-state index is -0.735. The van der Waals surface area contributed by atoms with Crippen LogP contribution in [0.3, 0.4) is 0 Å². The van der Waals surface area contributed by atoms with Gasteiger partial charge in [-0.25, -0.2) is 9.18 Å². The molecule has 0 aliphatic carbocycles. The smallest absolute Gasteiger partial charge is 0.373 e. The van der Waals surface area contributed by atoms with Crippen LogP contribution in [-0.4, -0.2) is 9.97 Å². The maximum atomic E-state index is 13.5. The van der Waals surface area contributed by atoms with Crippen molar-refractivity contribution < 1.29 is 13.2 Å². The zero-order valence-electron chi connectivity index (χ0n) is 13.8. The van der Waals surface area contributed by atoms with E-state index < -0.39 is 11.5 Å². The van der Waals surface area contributed by atoms with E-state index >= 15 is 0 Å². The third-order valence-corrected chi connectivity index (χ3v) is 4.30. The van der Waals surface area contributed by atoms with Gasteiger partial charge in [0.1, 0.15) is 11.4 Å². The Labute approximate surface area is 151 Å². The molecule has 0 N–H and O–H groups in total. The molecule has 0 saturated carbocycles. The zero-order valence-corrected chi connectivity index (χ0v) is 13.8. The first-order valence-corrected chi connectivity index (χ1v) is 8.24. The highest BCUT2D eigenvalue weighted by Gasteiger charge is 2.15. The number of rotatable bonds is 2. The molecule has 6 heteroatoms. The minimum absolute atomic E-state index is 0.00505. The molecule has 130 valence electrons. The average molecular weight is 358 g/mol. The SMILES string of the molecule is O=c1nc(-c2cccc(F)c2)oc(-c2cc3c(ccc4ccccc43)o2)n1. The van der Waals surface area contributed by atoms with E-state index in [1.807, 2.05) is 36.4 Å². The topological polar surface area (TPSA) is 69.1 Å². The van der Waals surface area contributed by atoms with Crippen LogP contribution in [0.25, 0.3) is 44.8 Å². The van der Waals surface area contributed by atoms with Gasteiger partial charge in [-0.15, -0.1) is 0 Å². The van der Waals surface area contributed by atoms with E-state index in [0.717, 1.165) is 16.2 Å². The Bertz CT molecular complexity index is 1370. The predicted octanol–water partition coefficient (Wildman–Crippen LogP) is 4.80. The second kappa shape index (κ2) is 5.88. The molecule has 0 amide bonds. The molecule has 5 nitrogen and oxygen atoms in total. The average Bonchev–Trinajstić information content (AvgIpc) is 3.12. The third kappa shape index (κ3) is 2.67. The van der Waals surface area contributed by atoms with Gasteiger partial charge >= 0.3 is 5.69 Å². The van der Waals surface area contributed by atoms with Gasteiger partial charge in [0.15, 0.2) is 5.76 Å². The molecule has 0 atom stereocenters. The summed E-state index contributed by atoms with van der Waals surface area (Å²) in [7, 11) is 0. The molecule has 0 fully saturated rings. The van der Waals surface area contributed by atoms with Gasteiger partial charge in [0.25, 0.3) is 5.89 Å².